The Balaban J connectivity index is 1.69. The Morgan fingerprint density at radius 1 is 1.18 bits per heavy atom. The number of aryl methyl sites for hydroxylation is 1. The van der Waals surface area contributed by atoms with E-state index in [1.807, 2.05) is 54.0 Å². The number of methoxy groups -OCH3 is 1. The molecule has 0 unspecified atom stereocenters. The van der Waals surface area contributed by atoms with E-state index in [1.54, 1.807) is 18.9 Å². The molecule has 0 aliphatic rings. The minimum Gasteiger partial charge on any atom is -0.497 e. The molecule has 146 valence electrons. The number of hydrogen-bond donors (Lipinski definition) is 0. The average molecular weight is 416 g/mol. The van der Waals surface area contributed by atoms with Gasteiger partial charge in [0.25, 0.3) is 0 Å². The first-order valence-electron chi connectivity index (χ1n) is 8.78. The Labute approximate surface area is 174 Å². The zero-order chi connectivity index (χ0) is 19.9. The van der Waals surface area contributed by atoms with E-state index in [0.29, 0.717) is 13.2 Å². The standard InChI is InChI=1S/C21H22ClN3O2S/c1-4-10-25-20(13-27-18-8-9-19(22)15(2)11-18)23-24-21(25)28-14-16-6-5-7-17(12-16)26-3/h4-9,11-12H,1,10,13-14H2,2-3H3. The number of benzene rings is 2. The van der Waals surface area contributed by atoms with E-state index < -0.39 is 0 Å². The highest BCUT2D eigenvalue weighted by Gasteiger charge is 2.13. The van der Waals surface area contributed by atoms with Gasteiger partial charge < -0.3 is 9.47 Å². The number of nitrogens with zero attached hydrogens (tertiary/aromatic N) is 3. The highest BCUT2D eigenvalue weighted by Crippen LogP contribution is 2.25. The van der Waals surface area contributed by atoms with Gasteiger partial charge in [0.05, 0.1) is 7.11 Å². The highest BCUT2D eigenvalue weighted by atomic mass is 35.5. The van der Waals surface area contributed by atoms with Crippen LogP contribution in [0.3, 0.4) is 0 Å². The molecular formula is C21H22ClN3O2S. The molecule has 0 bridgehead atoms. The molecule has 1 heterocycles. The maximum Gasteiger partial charge on any atom is 0.191 e. The Morgan fingerprint density at radius 2 is 2.04 bits per heavy atom. The first-order chi connectivity index (χ1) is 13.6. The summed E-state index contributed by atoms with van der Waals surface area (Å²) in [5.74, 6) is 3.11. The van der Waals surface area contributed by atoms with Crippen LogP contribution in [0, 0.1) is 6.92 Å². The van der Waals surface area contributed by atoms with E-state index in [4.69, 9.17) is 21.1 Å². The van der Waals surface area contributed by atoms with Crippen molar-refractivity contribution < 1.29 is 9.47 Å². The molecule has 0 fully saturated rings. The number of rotatable bonds is 9. The molecule has 0 aliphatic carbocycles. The number of hydrogen-bond acceptors (Lipinski definition) is 5. The van der Waals surface area contributed by atoms with Gasteiger partial charge in [0, 0.05) is 17.3 Å². The van der Waals surface area contributed by atoms with Crippen LogP contribution in [-0.4, -0.2) is 21.9 Å². The average Bonchev–Trinajstić information content (AvgIpc) is 3.09. The van der Waals surface area contributed by atoms with Gasteiger partial charge in [-0.05, 0) is 48.4 Å². The second-order valence-corrected chi connectivity index (χ2v) is 7.49. The van der Waals surface area contributed by atoms with Crippen molar-refractivity contribution >= 4 is 23.4 Å². The summed E-state index contributed by atoms with van der Waals surface area (Å²) in [6.45, 7) is 6.73. The zero-order valence-electron chi connectivity index (χ0n) is 15.9. The van der Waals surface area contributed by atoms with Crippen molar-refractivity contribution in [2.75, 3.05) is 7.11 Å². The minimum absolute atomic E-state index is 0.321. The lowest BCUT2D eigenvalue weighted by molar-refractivity contribution is 0.289. The molecule has 0 atom stereocenters. The van der Waals surface area contributed by atoms with Crippen molar-refractivity contribution in [3.8, 4) is 11.5 Å². The summed E-state index contributed by atoms with van der Waals surface area (Å²) in [7, 11) is 1.67. The monoisotopic (exact) mass is 415 g/mol. The van der Waals surface area contributed by atoms with Crippen LogP contribution in [0.4, 0.5) is 0 Å². The predicted molar refractivity (Wildman–Crippen MR) is 113 cm³/mol. The summed E-state index contributed by atoms with van der Waals surface area (Å²) in [6.07, 6.45) is 1.83. The molecule has 0 saturated heterocycles. The minimum atomic E-state index is 0.321. The van der Waals surface area contributed by atoms with Gasteiger partial charge in [0.1, 0.15) is 18.1 Å². The van der Waals surface area contributed by atoms with Crippen LogP contribution in [0.15, 0.2) is 60.3 Å². The summed E-state index contributed by atoms with van der Waals surface area (Å²) in [6, 6.07) is 13.6. The molecular weight excluding hydrogens is 394 g/mol. The molecule has 0 amide bonds. The van der Waals surface area contributed by atoms with Crippen LogP contribution >= 0.6 is 23.4 Å². The van der Waals surface area contributed by atoms with E-state index in [1.165, 1.54) is 0 Å². The topological polar surface area (TPSA) is 49.2 Å². The van der Waals surface area contributed by atoms with Crippen LogP contribution in [0.2, 0.25) is 5.02 Å². The molecule has 28 heavy (non-hydrogen) atoms. The third kappa shape index (κ3) is 5.09. The molecule has 7 heteroatoms. The smallest absolute Gasteiger partial charge is 0.191 e. The molecule has 0 aliphatic heterocycles. The summed E-state index contributed by atoms with van der Waals surface area (Å²) in [4.78, 5) is 0. The van der Waals surface area contributed by atoms with E-state index in [9.17, 15) is 0 Å². The molecule has 2 aromatic carbocycles. The highest BCUT2D eigenvalue weighted by molar-refractivity contribution is 7.98. The lowest BCUT2D eigenvalue weighted by Crippen LogP contribution is -2.07. The Morgan fingerprint density at radius 3 is 2.79 bits per heavy atom. The van der Waals surface area contributed by atoms with Gasteiger partial charge in [-0.3, -0.25) is 4.57 Å². The number of aromatic nitrogens is 3. The van der Waals surface area contributed by atoms with Gasteiger partial charge in [-0.25, -0.2) is 0 Å². The first-order valence-corrected chi connectivity index (χ1v) is 10.1. The van der Waals surface area contributed by atoms with Crippen molar-refractivity contribution in [3.63, 3.8) is 0 Å². The molecule has 3 rings (SSSR count). The fraction of sp³-hybridized carbons (Fsp3) is 0.238. The maximum atomic E-state index is 6.07. The normalized spacial score (nSPS) is 10.7. The second kappa shape index (κ2) is 9.66. The number of halogens is 1. The molecule has 1 aromatic heterocycles. The third-order valence-electron chi connectivity index (χ3n) is 4.10. The van der Waals surface area contributed by atoms with Gasteiger partial charge >= 0.3 is 0 Å². The van der Waals surface area contributed by atoms with E-state index in [0.717, 1.165) is 44.4 Å². The van der Waals surface area contributed by atoms with E-state index in [-0.39, 0.29) is 0 Å². The Bertz CT molecular complexity index is 959. The van der Waals surface area contributed by atoms with Crippen molar-refractivity contribution in [3.05, 3.63) is 77.1 Å². The fourth-order valence-electron chi connectivity index (χ4n) is 2.61. The van der Waals surface area contributed by atoms with Crippen LogP contribution in [0.1, 0.15) is 17.0 Å². The number of ether oxygens (including phenoxy) is 2. The lowest BCUT2D eigenvalue weighted by atomic mass is 10.2. The number of allylic oxidation sites excluding steroid dienone is 1. The SMILES string of the molecule is C=CCn1c(COc2ccc(Cl)c(C)c2)nnc1SCc1cccc(OC)c1. The summed E-state index contributed by atoms with van der Waals surface area (Å²) < 4.78 is 13.2. The van der Waals surface area contributed by atoms with Crippen LogP contribution in [-0.2, 0) is 18.9 Å². The van der Waals surface area contributed by atoms with Crippen molar-refractivity contribution in [2.24, 2.45) is 0 Å². The maximum absolute atomic E-state index is 6.07. The summed E-state index contributed by atoms with van der Waals surface area (Å²) in [5, 5.41) is 10.2. The third-order valence-corrected chi connectivity index (χ3v) is 5.57. The van der Waals surface area contributed by atoms with Gasteiger partial charge in [0.2, 0.25) is 0 Å². The van der Waals surface area contributed by atoms with Crippen molar-refractivity contribution in [1.82, 2.24) is 14.8 Å². The van der Waals surface area contributed by atoms with Gasteiger partial charge in [-0.1, -0.05) is 41.6 Å². The van der Waals surface area contributed by atoms with E-state index >= 15 is 0 Å². The van der Waals surface area contributed by atoms with Crippen LogP contribution < -0.4 is 9.47 Å². The van der Waals surface area contributed by atoms with E-state index in [2.05, 4.69) is 22.8 Å². The van der Waals surface area contributed by atoms with Gasteiger partial charge in [-0.2, -0.15) is 0 Å². The second-order valence-electron chi connectivity index (χ2n) is 6.14. The molecule has 0 radical (unpaired) electrons. The Hall–Kier alpha value is -2.44. The summed E-state index contributed by atoms with van der Waals surface area (Å²) >= 11 is 7.69. The summed E-state index contributed by atoms with van der Waals surface area (Å²) in [5.41, 5.74) is 2.13. The van der Waals surface area contributed by atoms with Crippen LogP contribution in [0.25, 0.3) is 0 Å². The fourth-order valence-corrected chi connectivity index (χ4v) is 3.64. The quantitative estimate of drug-likeness (QED) is 0.350. The number of thioether (sulfide) groups is 1. The zero-order valence-corrected chi connectivity index (χ0v) is 17.5. The lowest BCUT2D eigenvalue weighted by Gasteiger charge is -2.10. The molecule has 5 nitrogen and oxygen atoms in total. The molecule has 0 N–H and O–H groups in total. The molecule has 0 spiro atoms. The van der Waals surface area contributed by atoms with Crippen LogP contribution in [0.5, 0.6) is 11.5 Å². The van der Waals surface area contributed by atoms with Crippen molar-refractivity contribution in [2.45, 2.75) is 31.0 Å². The molecule has 3 aromatic rings. The molecule has 0 saturated carbocycles. The Kier molecular flexibility index (Phi) is 7.01. The van der Waals surface area contributed by atoms with Gasteiger partial charge in [-0.15, -0.1) is 16.8 Å². The largest absolute Gasteiger partial charge is 0.497 e. The van der Waals surface area contributed by atoms with Gasteiger partial charge in [0.15, 0.2) is 11.0 Å². The van der Waals surface area contributed by atoms with Crippen molar-refractivity contribution in [1.29, 1.82) is 0 Å². The first kappa shape index (κ1) is 20.3. The predicted octanol–water partition coefficient (Wildman–Crippen LogP) is 5.31.